The molecule has 3 rings (SSSR count). The van der Waals surface area contributed by atoms with Gasteiger partial charge in [-0.3, -0.25) is 0 Å². The lowest BCUT2D eigenvalue weighted by atomic mass is 10.0. The first-order valence-electron chi connectivity index (χ1n) is 7.71. The van der Waals surface area contributed by atoms with Gasteiger partial charge in [0.1, 0.15) is 0 Å². The van der Waals surface area contributed by atoms with Crippen LogP contribution in [0.15, 0.2) is 54.6 Å². The number of para-hydroxylation sites is 1. The molecule has 1 aliphatic rings. The van der Waals surface area contributed by atoms with Gasteiger partial charge in [-0.2, -0.15) is 0 Å². The monoisotopic (exact) mass is 312 g/mol. The van der Waals surface area contributed by atoms with Gasteiger partial charge in [-0.25, -0.2) is 4.79 Å². The molecule has 23 heavy (non-hydrogen) atoms. The number of carbonyl (C=O) groups excluding carboxylic acids is 1. The zero-order chi connectivity index (χ0) is 16.2. The number of nitrogens with zero attached hydrogens (tertiary/aromatic N) is 1. The van der Waals surface area contributed by atoms with Crippen LogP contribution < -0.4 is 5.32 Å². The Bertz CT molecular complexity index is 675. The molecule has 0 radical (unpaired) electrons. The molecule has 2 aromatic carbocycles. The predicted molar refractivity (Wildman–Crippen MR) is 89.1 cm³/mol. The van der Waals surface area contributed by atoms with E-state index < -0.39 is 12.2 Å². The number of likely N-dealkylation sites (tertiary alicyclic amines) is 1. The number of urea groups is 1. The minimum absolute atomic E-state index is 0.139. The largest absolute Gasteiger partial charge is 0.390 e. The summed E-state index contributed by atoms with van der Waals surface area (Å²) in [7, 11) is 0. The third-order valence-corrected chi connectivity index (χ3v) is 4.09. The molecule has 0 bridgehead atoms. The molecule has 0 aromatic heterocycles. The first kappa shape index (κ1) is 15.5. The molecular weight excluding hydrogens is 292 g/mol. The van der Waals surface area contributed by atoms with E-state index in [1.165, 1.54) is 4.90 Å². The number of anilines is 1. The Balaban J connectivity index is 1.77. The molecule has 0 spiro atoms. The standard InChI is InChI=1S/C18H20N2O3/c21-16-10-11-20(12-17(16)22)18(23)19-15-9-5-4-8-14(15)13-6-2-1-3-7-13/h1-9,16-17,21-22H,10-12H2,(H,19,23)/t16-,17-/m0/s1. The van der Waals surface area contributed by atoms with E-state index in [1.807, 2.05) is 54.6 Å². The number of rotatable bonds is 2. The summed E-state index contributed by atoms with van der Waals surface area (Å²) in [5.74, 6) is 0. The SMILES string of the molecule is O=C(Nc1ccccc1-c1ccccc1)N1CC[C@H](O)[C@@H](O)C1. The van der Waals surface area contributed by atoms with E-state index in [2.05, 4.69) is 5.32 Å². The van der Waals surface area contributed by atoms with E-state index in [0.29, 0.717) is 13.0 Å². The van der Waals surface area contributed by atoms with Gasteiger partial charge >= 0.3 is 6.03 Å². The minimum atomic E-state index is -0.890. The van der Waals surface area contributed by atoms with Crippen molar-refractivity contribution >= 4 is 11.7 Å². The molecule has 1 heterocycles. The van der Waals surface area contributed by atoms with E-state index in [0.717, 1.165) is 16.8 Å². The number of carbonyl (C=O) groups is 1. The summed E-state index contributed by atoms with van der Waals surface area (Å²) >= 11 is 0. The van der Waals surface area contributed by atoms with Crippen molar-refractivity contribution in [2.45, 2.75) is 18.6 Å². The zero-order valence-corrected chi connectivity index (χ0v) is 12.7. The summed E-state index contributed by atoms with van der Waals surface area (Å²) in [6.45, 7) is 0.568. The molecule has 1 fully saturated rings. The number of β-amino-alcohol motifs (C(OH)–C–C–N with tert-alkyl or cyclic N) is 1. The first-order valence-corrected chi connectivity index (χ1v) is 7.71. The van der Waals surface area contributed by atoms with Crippen LogP contribution in [-0.4, -0.2) is 46.4 Å². The molecule has 5 heteroatoms. The lowest BCUT2D eigenvalue weighted by molar-refractivity contribution is -0.0263. The van der Waals surface area contributed by atoms with Crippen LogP contribution in [0.1, 0.15) is 6.42 Å². The molecule has 3 N–H and O–H groups in total. The van der Waals surface area contributed by atoms with Crippen LogP contribution in [0.4, 0.5) is 10.5 Å². The molecule has 1 aliphatic heterocycles. The van der Waals surface area contributed by atoms with Gasteiger partial charge in [0.2, 0.25) is 0 Å². The fourth-order valence-corrected chi connectivity index (χ4v) is 2.76. The Kier molecular flexibility index (Phi) is 4.60. The highest BCUT2D eigenvalue weighted by Gasteiger charge is 2.28. The number of benzene rings is 2. The maximum Gasteiger partial charge on any atom is 0.321 e. The number of aliphatic hydroxyl groups excluding tert-OH is 2. The topological polar surface area (TPSA) is 72.8 Å². The number of aliphatic hydroxyl groups is 2. The number of piperidine rings is 1. The fourth-order valence-electron chi connectivity index (χ4n) is 2.76. The summed E-state index contributed by atoms with van der Waals surface area (Å²) in [5.41, 5.74) is 2.70. The van der Waals surface area contributed by atoms with Gasteiger partial charge in [0.05, 0.1) is 24.4 Å². The second-order valence-electron chi connectivity index (χ2n) is 5.71. The van der Waals surface area contributed by atoms with Crippen LogP contribution in [0.2, 0.25) is 0 Å². The Hall–Kier alpha value is -2.37. The number of hydrogen-bond donors (Lipinski definition) is 3. The summed E-state index contributed by atoms with van der Waals surface area (Å²) in [4.78, 5) is 14.0. The summed E-state index contributed by atoms with van der Waals surface area (Å²) < 4.78 is 0. The van der Waals surface area contributed by atoms with Crippen LogP contribution in [0, 0.1) is 0 Å². The van der Waals surface area contributed by atoms with Crippen molar-refractivity contribution in [2.24, 2.45) is 0 Å². The molecular formula is C18H20N2O3. The third kappa shape index (κ3) is 3.52. The Morgan fingerprint density at radius 2 is 1.70 bits per heavy atom. The van der Waals surface area contributed by atoms with Gasteiger partial charge in [0, 0.05) is 12.1 Å². The van der Waals surface area contributed by atoms with Gasteiger partial charge < -0.3 is 20.4 Å². The lowest BCUT2D eigenvalue weighted by Gasteiger charge is -2.33. The molecule has 2 amide bonds. The highest BCUT2D eigenvalue weighted by Crippen LogP contribution is 2.28. The second kappa shape index (κ2) is 6.81. The molecule has 2 aromatic rings. The van der Waals surface area contributed by atoms with Crippen molar-refractivity contribution in [1.82, 2.24) is 4.90 Å². The molecule has 0 saturated carbocycles. The quantitative estimate of drug-likeness (QED) is 0.797. The molecule has 1 saturated heterocycles. The Morgan fingerprint density at radius 3 is 2.43 bits per heavy atom. The average Bonchev–Trinajstić information content (AvgIpc) is 2.58. The van der Waals surface area contributed by atoms with E-state index >= 15 is 0 Å². The highest BCUT2D eigenvalue weighted by atomic mass is 16.3. The minimum Gasteiger partial charge on any atom is -0.390 e. The number of nitrogens with one attached hydrogen (secondary N) is 1. The van der Waals surface area contributed by atoms with Crippen molar-refractivity contribution in [2.75, 3.05) is 18.4 Å². The van der Waals surface area contributed by atoms with Crippen molar-refractivity contribution in [3.63, 3.8) is 0 Å². The first-order chi connectivity index (χ1) is 11.1. The maximum absolute atomic E-state index is 12.4. The molecule has 0 aliphatic carbocycles. The van der Waals surface area contributed by atoms with Gasteiger partial charge in [-0.05, 0) is 18.1 Å². The van der Waals surface area contributed by atoms with E-state index in [4.69, 9.17) is 0 Å². The predicted octanol–water partition coefficient (Wildman–Crippen LogP) is 2.31. The van der Waals surface area contributed by atoms with E-state index in [9.17, 15) is 15.0 Å². The van der Waals surface area contributed by atoms with Crippen LogP contribution in [0.5, 0.6) is 0 Å². The zero-order valence-electron chi connectivity index (χ0n) is 12.7. The average molecular weight is 312 g/mol. The normalized spacial score (nSPS) is 21.0. The summed E-state index contributed by atoms with van der Waals surface area (Å²) in [6.07, 6.45) is -1.26. The molecule has 5 nitrogen and oxygen atoms in total. The Morgan fingerprint density at radius 1 is 1.00 bits per heavy atom. The number of amides is 2. The van der Waals surface area contributed by atoms with Crippen LogP contribution in [0.25, 0.3) is 11.1 Å². The molecule has 120 valence electrons. The van der Waals surface area contributed by atoms with Gasteiger partial charge in [-0.1, -0.05) is 48.5 Å². The van der Waals surface area contributed by atoms with Crippen molar-refractivity contribution in [3.05, 3.63) is 54.6 Å². The second-order valence-corrected chi connectivity index (χ2v) is 5.71. The number of hydrogen-bond acceptors (Lipinski definition) is 3. The van der Waals surface area contributed by atoms with Crippen LogP contribution in [0.3, 0.4) is 0 Å². The van der Waals surface area contributed by atoms with Gasteiger partial charge in [-0.15, -0.1) is 0 Å². The van der Waals surface area contributed by atoms with Crippen LogP contribution in [-0.2, 0) is 0 Å². The van der Waals surface area contributed by atoms with Crippen LogP contribution >= 0.6 is 0 Å². The summed E-state index contributed by atoms with van der Waals surface area (Å²) in [5, 5.41) is 22.2. The van der Waals surface area contributed by atoms with E-state index in [-0.39, 0.29) is 12.6 Å². The highest BCUT2D eigenvalue weighted by molar-refractivity contribution is 5.94. The van der Waals surface area contributed by atoms with Gasteiger partial charge in [0.25, 0.3) is 0 Å². The van der Waals surface area contributed by atoms with Gasteiger partial charge in [0.15, 0.2) is 0 Å². The third-order valence-electron chi connectivity index (χ3n) is 4.09. The lowest BCUT2D eigenvalue weighted by Crippen LogP contribution is -2.50. The fraction of sp³-hybridized carbons (Fsp3) is 0.278. The Labute approximate surface area is 135 Å². The van der Waals surface area contributed by atoms with E-state index in [1.54, 1.807) is 0 Å². The van der Waals surface area contributed by atoms with Crippen molar-refractivity contribution in [3.8, 4) is 11.1 Å². The molecule has 0 unspecified atom stereocenters. The maximum atomic E-state index is 12.4. The van der Waals surface area contributed by atoms with Crippen molar-refractivity contribution in [1.29, 1.82) is 0 Å². The van der Waals surface area contributed by atoms with Crippen molar-refractivity contribution < 1.29 is 15.0 Å². The molecule has 2 atom stereocenters. The summed E-state index contributed by atoms with van der Waals surface area (Å²) in [6, 6.07) is 17.2. The smallest absolute Gasteiger partial charge is 0.321 e.